The molecular formula is C21H18N2O3S2. The fourth-order valence-electron chi connectivity index (χ4n) is 2.71. The van der Waals surface area contributed by atoms with Crippen LogP contribution in [0, 0.1) is 25.2 Å². The highest BCUT2D eigenvalue weighted by Crippen LogP contribution is 2.37. The third-order valence-electron chi connectivity index (χ3n) is 4.32. The molecule has 3 rings (SSSR count). The van der Waals surface area contributed by atoms with Crippen molar-refractivity contribution in [3.8, 4) is 17.6 Å². The largest absolute Gasteiger partial charge is 0.493 e. The van der Waals surface area contributed by atoms with Crippen molar-refractivity contribution in [1.29, 1.82) is 5.26 Å². The van der Waals surface area contributed by atoms with E-state index in [1.807, 2.05) is 38.1 Å². The summed E-state index contributed by atoms with van der Waals surface area (Å²) in [6.07, 6.45) is 1.77. The maximum atomic E-state index is 12.9. The number of aryl methyl sites for hydroxylation is 2. The standard InChI is InChI=1S/C21H18N2O3S2/c1-13-4-6-16(10-14(13)2)23-20(24)19(28-21(23)27)12-15-5-7-17(26-9-8-22)18(11-15)25-3/h4-7,10-12H,9H2,1-3H3. The van der Waals surface area contributed by atoms with E-state index in [4.69, 9.17) is 27.0 Å². The fourth-order valence-corrected chi connectivity index (χ4v) is 4.01. The first-order chi connectivity index (χ1) is 13.4. The SMILES string of the molecule is COc1cc(C=C2SC(=S)N(c3ccc(C)c(C)c3)C2=O)ccc1OCC#N. The van der Waals surface area contributed by atoms with Gasteiger partial charge >= 0.3 is 0 Å². The highest BCUT2D eigenvalue weighted by Gasteiger charge is 2.33. The third-order valence-corrected chi connectivity index (χ3v) is 5.62. The van der Waals surface area contributed by atoms with Crippen molar-refractivity contribution in [2.45, 2.75) is 13.8 Å². The van der Waals surface area contributed by atoms with Gasteiger partial charge in [0.15, 0.2) is 22.4 Å². The van der Waals surface area contributed by atoms with Gasteiger partial charge in [-0.05, 0) is 60.9 Å². The van der Waals surface area contributed by atoms with Gasteiger partial charge in [0.2, 0.25) is 0 Å². The summed E-state index contributed by atoms with van der Waals surface area (Å²) in [5.41, 5.74) is 3.82. The Bertz CT molecular complexity index is 1020. The van der Waals surface area contributed by atoms with Gasteiger partial charge in [0.05, 0.1) is 17.7 Å². The number of nitrogens with zero attached hydrogens (tertiary/aromatic N) is 2. The quantitative estimate of drug-likeness (QED) is 0.529. The molecule has 0 radical (unpaired) electrons. The first-order valence-corrected chi connectivity index (χ1v) is 9.70. The molecule has 5 nitrogen and oxygen atoms in total. The summed E-state index contributed by atoms with van der Waals surface area (Å²) < 4.78 is 11.1. The van der Waals surface area contributed by atoms with E-state index in [1.54, 1.807) is 29.2 Å². The molecule has 1 amide bonds. The normalized spacial score (nSPS) is 15.1. The Hall–Kier alpha value is -2.82. The Kier molecular flexibility index (Phi) is 6.02. The summed E-state index contributed by atoms with van der Waals surface area (Å²) in [5, 5.41) is 8.66. The van der Waals surface area contributed by atoms with Gasteiger partial charge in [-0.15, -0.1) is 0 Å². The van der Waals surface area contributed by atoms with Crippen LogP contribution in [0.1, 0.15) is 16.7 Å². The van der Waals surface area contributed by atoms with Crippen LogP contribution in [0.4, 0.5) is 5.69 Å². The average Bonchev–Trinajstić information content (AvgIpc) is 2.96. The zero-order chi connectivity index (χ0) is 20.3. The van der Waals surface area contributed by atoms with Crippen LogP contribution in [0.25, 0.3) is 6.08 Å². The molecule has 0 aliphatic carbocycles. The minimum atomic E-state index is -0.151. The van der Waals surface area contributed by atoms with Gasteiger partial charge in [-0.2, -0.15) is 5.26 Å². The molecule has 2 aromatic carbocycles. The summed E-state index contributed by atoms with van der Waals surface area (Å²) in [6, 6.07) is 13.1. The van der Waals surface area contributed by atoms with Crippen molar-refractivity contribution in [1.82, 2.24) is 0 Å². The topological polar surface area (TPSA) is 62.6 Å². The van der Waals surface area contributed by atoms with E-state index in [1.165, 1.54) is 18.9 Å². The summed E-state index contributed by atoms with van der Waals surface area (Å²) in [4.78, 5) is 15.0. The molecule has 0 spiro atoms. The number of carbonyl (C=O) groups is 1. The zero-order valence-electron chi connectivity index (χ0n) is 15.7. The van der Waals surface area contributed by atoms with E-state index in [2.05, 4.69) is 0 Å². The van der Waals surface area contributed by atoms with Crippen molar-refractivity contribution < 1.29 is 14.3 Å². The highest BCUT2D eigenvalue weighted by molar-refractivity contribution is 8.27. The number of hydrogen-bond acceptors (Lipinski definition) is 6. The maximum Gasteiger partial charge on any atom is 0.270 e. The summed E-state index contributed by atoms with van der Waals surface area (Å²) in [6.45, 7) is 3.97. The molecule has 1 fully saturated rings. The van der Waals surface area contributed by atoms with E-state index in [0.29, 0.717) is 20.7 Å². The molecule has 0 unspecified atom stereocenters. The molecule has 0 aromatic heterocycles. The fraction of sp³-hybridized carbons (Fsp3) is 0.190. The summed E-state index contributed by atoms with van der Waals surface area (Å²) in [5.74, 6) is 0.819. The number of nitriles is 1. The molecule has 142 valence electrons. The van der Waals surface area contributed by atoms with E-state index >= 15 is 0 Å². The number of rotatable bonds is 5. The number of carbonyl (C=O) groups excluding carboxylic acids is 1. The lowest BCUT2D eigenvalue weighted by Gasteiger charge is -2.16. The molecule has 0 N–H and O–H groups in total. The predicted octanol–water partition coefficient (Wildman–Crippen LogP) is 4.62. The van der Waals surface area contributed by atoms with Crippen molar-refractivity contribution in [2.75, 3.05) is 18.6 Å². The molecule has 0 bridgehead atoms. The lowest BCUT2D eigenvalue weighted by atomic mass is 10.1. The maximum absolute atomic E-state index is 12.9. The van der Waals surface area contributed by atoms with Crippen molar-refractivity contribution in [3.05, 3.63) is 58.0 Å². The average molecular weight is 411 g/mol. The van der Waals surface area contributed by atoms with E-state index in [0.717, 1.165) is 22.4 Å². The number of amides is 1. The van der Waals surface area contributed by atoms with Crippen LogP contribution in [-0.4, -0.2) is 23.9 Å². The molecule has 1 heterocycles. The lowest BCUT2D eigenvalue weighted by molar-refractivity contribution is -0.113. The minimum absolute atomic E-state index is 0.0651. The van der Waals surface area contributed by atoms with Crippen LogP contribution in [0.15, 0.2) is 41.3 Å². The minimum Gasteiger partial charge on any atom is -0.493 e. The molecule has 0 saturated carbocycles. The predicted molar refractivity (Wildman–Crippen MR) is 116 cm³/mol. The molecule has 1 saturated heterocycles. The second-order valence-corrected chi connectivity index (χ2v) is 7.82. The zero-order valence-corrected chi connectivity index (χ0v) is 17.3. The molecule has 28 heavy (non-hydrogen) atoms. The van der Waals surface area contributed by atoms with Gasteiger partial charge in [-0.3, -0.25) is 9.69 Å². The number of ether oxygens (including phenoxy) is 2. The number of anilines is 1. The number of benzene rings is 2. The first kappa shape index (κ1) is 19.9. The molecule has 0 atom stereocenters. The Balaban J connectivity index is 1.89. The van der Waals surface area contributed by atoms with Crippen molar-refractivity contribution in [3.63, 3.8) is 0 Å². The highest BCUT2D eigenvalue weighted by atomic mass is 32.2. The monoisotopic (exact) mass is 410 g/mol. The van der Waals surface area contributed by atoms with Gasteiger partial charge in [-0.25, -0.2) is 0 Å². The molecule has 7 heteroatoms. The molecular weight excluding hydrogens is 392 g/mol. The second kappa shape index (κ2) is 8.46. The van der Waals surface area contributed by atoms with Crippen molar-refractivity contribution in [2.24, 2.45) is 0 Å². The van der Waals surface area contributed by atoms with Crippen LogP contribution in [0.5, 0.6) is 11.5 Å². The number of thioether (sulfide) groups is 1. The van der Waals surface area contributed by atoms with Crippen LogP contribution in [-0.2, 0) is 4.79 Å². The Labute approximate surface area is 173 Å². The third kappa shape index (κ3) is 4.03. The van der Waals surface area contributed by atoms with Crippen LogP contribution < -0.4 is 14.4 Å². The second-order valence-electron chi connectivity index (χ2n) is 6.14. The van der Waals surface area contributed by atoms with Gasteiger partial charge < -0.3 is 9.47 Å². The smallest absolute Gasteiger partial charge is 0.270 e. The Morgan fingerprint density at radius 3 is 2.64 bits per heavy atom. The number of hydrogen-bond donors (Lipinski definition) is 0. The van der Waals surface area contributed by atoms with Crippen LogP contribution in [0.2, 0.25) is 0 Å². The van der Waals surface area contributed by atoms with Crippen LogP contribution >= 0.6 is 24.0 Å². The molecule has 1 aliphatic heterocycles. The number of methoxy groups -OCH3 is 1. The van der Waals surface area contributed by atoms with Gasteiger partial charge in [-0.1, -0.05) is 36.1 Å². The van der Waals surface area contributed by atoms with Gasteiger partial charge in [0, 0.05) is 0 Å². The van der Waals surface area contributed by atoms with Gasteiger partial charge in [0.25, 0.3) is 5.91 Å². The Morgan fingerprint density at radius 2 is 1.96 bits per heavy atom. The lowest BCUT2D eigenvalue weighted by Crippen LogP contribution is -2.27. The van der Waals surface area contributed by atoms with Gasteiger partial charge in [0.1, 0.15) is 6.07 Å². The van der Waals surface area contributed by atoms with E-state index < -0.39 is 0 Å². The molecule has 1 aliphatic rings. The van der Waals surface area contributed by atoms with Crippen LogP contribution in [0.3, 0.4) is 0 Å². The van der Waals surface area contributed by atoms with Crippen molar-refractivity contribution >= 4 is 46.0 Å². The van der Waals surface area contributed by atoms with E-state index in [9.17, 15) is 4.79 Å². The Morgan fingerprint density at radius 1 is 1.18 bits per heavy atom. The first-order valence-electron chi connectivity index (χ1n) is 8.47. The molecule has 2 aromatic rings. The summed E-state index contributed by atoms with van der Waals surface area (Å²) in [7, 11) is 1.53. The van der Waals surface area contributed by atoms with E-state index in [-0.39, 0.29) is 12.5 Å². The number of thiocarbonyl (C=S) groups is 1. The summed E-state index contributed by atoms with van der Waals surface area (Å²) >= 11 is 6.70.